The zero-order valence-corrected chi connectivity index (χ0v) is 7.22. The zero-order valence-electron chi connectivity index (χ0n) is 7.22. The molecule has 0 amide bonds. The normalized spacial score (nSPS) is 9.50. The smallest absolute Gasteiger partial charge is 0.342 e. The van der Waals surface area contributed by atoms with Crippen LogP contribution in [0.1, 0.15) is 10.4 Å². The molecule has 6 heteroatoms. The second-order valence-electron chi connectivity index (χ2n) is 2.43. The van der Waals surface area contributed by atoms with E-state index >= 15 is 0 Å². The Balaban J connectivity index is 3.21. The maximum absolute atomic E-state index is 11.1. The molecule has 0 aliphatic heterocycles. The largest absolute Gasteiger partial charge is 0.465 e. The maximum atomic E-state index is 11.1. The van der Waals surface area contributed by atoms with E-state index in [1.54, 1.807) is 0 Å². The Hall–Kier alpha value is -2.11. The highest BCUT2D eigenvalue weighted by atomic mass is 16.6. The quantitative estimate of drug-likeness (QED) is 0.407. The summed E-state index contributed by atoms with van der Waals surface area (Å²) in [5.74, 6) is -1.47. The lowest BCUT2D eigenvalue weighted by molar-refractivity contribution is -0.384. The van der Waals surface area contributed by atoms with Crippen LogP contribution in [0, 0.1) is 10.1 Å². The average molecular weight is 196 g/mol. The van der Waals surface area contributed by atoms with Crippen molar-refractivity contribution in [1.29, 1.82) is 0 Å². The molecule has 0 heterocycles. The van der Waals surface area contributed by atoms with Crippen molar-refractivity contribution in [3.63, 3.8) is 0 Å². The third kappa shape index (κ3) is 1.79. The number of rotatable bonds is 2. The minimum absolute atomic E-state index is 0.315. The number of carbonyl (C=O) groups excluding carboxylic acids is 1. The predicted octanol–water partition coefficient (Wildman–Crippen LogP) is 1.53. The van der Waals surface area contributed by atoms with Gasteiger partial charge in [-0.15, -0.1) is 0 Å². The fourth-order valence-electron chi connectivity index (χ4n) is 0.901. The molecular formula is C8H6NO5. The van der Waals surface area contributed by atoms with Gasteiger partial charge in [-0.2, -0.15) is 0 Å². The molecule has 1 aromatic rings. The summed E-state index contributed by atoms with van der Waals surface area (Å²) in [7, 11) is 1.10. The molecule has 0 bridgehead atoms. The third-order valence-electron chi connectivity index (χ3n) is 1.58. The van der Waals surface area contributed by atoms with Gasteiger partial charge in [-0.05, 0) is 6.07 Å². The van der Waals surface area contributed by atoms with Crippen molar-refractivity contribution in [1.82, 2.24) is 0 Å². The molecule has 1 aromatic carbocycles. The summed E-state index contributed by atoms with van der Waals surface area (Å²) in [5.41, 5.74) is -0.647. The Kier molecular flexibility index (Phi) is 2.66. The molecule has 0 saturated heterocycles. The van der Waals surface area contributed by atoms with Gasteiger partial charge in [0.1, 0.15) is 5.56 Å². The van der Waals surface area contributed by atoms with E-state index in [2.05, 4.69) is 4.74 Å². The molecule has 0 spiro atoms. The van der Waals surface area contributed by atoms with Crippen LogP contribution in [0.15, 0.2) is 18.2 Å². The van der Waals surface area contributed by atoms with Gasteiger partial charge in [0.05, 0.1) is 12.0 Å². The number of nitro groups is 1. The summed E-state index contributed by atoms with van der Waals surface area (Å²) in [5, 5.41) is 21.4. The first-order chi connectivity index (χ1) is 6.56. The lowest BCUT2D eigenvalue weighted by atomic mass is 10.2. The topological polar surface area (TPSA) is 89.3 Å². The van der Waals surface area contributed by atoms with Crippen LogP contribution in [0.25, 0.3) is 0 Å². The molecular weight excluding hydrogens is 190 g/mol. The van der Waals surface area contributed by atoms with Gasteiger partial charge in [0, 0.05) is 12.1 Å². The van der Waals surface area contributed by atoms with Crippen LogP contribution in [0.3, 0.4) is 0 Å². The molecule has 0 N–H and O–H groups in total. The van der Waals surface area contributed by atoms with Gasteiger partial charge < -0.3 is 4.74 Å². The van der Waals surface area contributed by atoms with Gasteiger partial charge in [0.25, 0.3) is 5.69 Å². The lowest BCUT2D eigenvalue weighted by Crippen LogP contribution is -2.02. The molecule has 73 valence electrons. The number of non-ortho nitro benzene ring substituents is 1. The first-order valence-electron chi connectivity index (χ1n) is 3.60. The number of ether oxygens (including phenoxy) is 1. The van der Waals surface area contributed by atoms with Gasteiger partial charge >= 0.3 is 5.97 Å². The van der Waals surface area contributed by atoms with Crippen LogP contribution in [0.5, 0.6) is 5.75 Å². The van der Waals surface area contributed by atoms with Crippen molar-refractivity contribution in [3.8, 4) is 5.75 Å². The van der Waals surface area contributed by atoms with Gasteiger partial charge in [0.15, 0.2) is 5.75 Å². The Bertz CT molecular complexity index is 387. The number of carbonyl (C=O) groups is 1. The van der Waals surface area contributed by atoms with Crippen LogP contribution < -0.4 is 0 Å². The fraction of sp³-hybridized carbons (Fsp3) is 0.125. The van der Waals surface area contributed by atoms with Crippen molar-refractivity contribution in [2.24, 2.45) is 0 Å². The number of hydrogen-bond donors (Lipinski definition) is 0. The molecule has 14 heavy (non-hydrogen) atoms. The molecule has 0 aromatic heterocycles. The van der Waals surface area contributed by atoms with Crippen molar-refractivity contribution in [2.45, 2.75) is 0 Å². The third-order valence-corrected chi connectivity index (χ3v) is 1.58. The zero-order chi connectivity index (χ0) is 10.7. The summed E-state index contributed by atoms with van der Waals surface area (Å²) in [6, 6.07) is 2.90. The Morgan fingerprint density at radius 1 is 1.50 bits per heavy atom. The van der Waals surface area contributed by atoms with E-state index in [0.717, 1.165) is 25.3 Å². The molecule has 0 fully saturated rings. The number of nitrogens with zero attached hydrogens (tertiary/aromatic N) is 1. The van der Waals surface area contributed by atoms with E-state index < -0.39 is 16.6 Å². The first-order valence-corrected chi connectivity index (χ1v) is 3.60. The number of esters is 1. The maximum Gasteiger partial charge on any atom is 0.342 e. The lowest BCUT2D eigenvalue weighted by Gasteiger charge is -1.99. The first kappa shape index (κ1) is 9.97. The molecule has 1 rings (SSSR count). The van der Waals surface area contributed by atoms with Crippen LogP contribution >= 0.6 is 0 Å². The number of hydrogen-bond acceptors (Lipinski definition) is 4. The number of methoxy groups -OCH3 is 1. The molecule has 0 atom stereocenters. The Morgan fingerprint density at radius 3 is 2.64 bits per heavy atom. The number of benzene rings is 1. The summed E-state index contributed by atoms with van der Waals surface area (Å²) in [6.45, 7) is 0. The minimum Gasteiger partial charge on any atom is -0.465 e. The van der Waals surface area contributed by atoms with Crippen molar-refractivity contribution < 1.29 is 19.6 Å². The molecule has 0 aliphatic rings. The van der Waals surface area contributed by atoms with E-state index in [-0.39, 0.29) is 11.3 Å². The van der Waals surface area contributed by atoms with E-state index in [0.29, 0.717) is 0 Å². The molecule has 6 nitrogen and oxygen atoms in total. The van der Waals surface area contributed by atoms with Crippen molar-refractivity contribution >= 4 is 11.7 Å². The van der Waals surface area contributed by atoms with Crippen LogP contribution in [-0.4, -0.2) is 18.0 Å². The van der Waals surface area contributed by atoms with Gasteiger partial charge in [-0.25, -0.2) is 4.79 Å². The predicted molar refractivity (Wildman–Crippen MR) is 44.6 cm³/mol. The average Bonchev–Trinajstić information content (AvgIpc) is 2.17. The highest BCUT2D eigenvalue weighted by Crippen LogP contribution is 2.23. The monoisotopic (exact) mass is 196 g/mol. The minimum atomic E-state index is -0.876. The Morgan fingerprint density at radius 2 is 2.14 bits per heavy atom. The second-order valence-corrected chi connectivity index (χ2v) is 2.43. The van der Waals surface area contributed by atoms with Crippen molar-refractivity contribution in [3.05, 3.63) is 33.9 Å². The van der Waals surface area contributed by atoms with Gasteiger partial charge in [-0.3, -0.25) is 15.2 Å². The second kappa shape index (κ2) is 3.73. The summed E-state index contributed by atoms with van der Waals surface area (Å²) >= 11 is 0. The van der Waals surface area contributed by atoms with E-state index in [1.165, 1.54) is 0 Å². The van der Waals surface area contributed by atoms with Crippen LogP contribution in [0.2, 0.25) is 0 Å². The Labute approximate surface area is 78.9 Å². The molecule has 0 saturated carbocycles. The molecule has 1 radical (unpaired) electrons. The SMILES string of the molecule is COC(=O)c1cc([N+](=O)[O-])ccc1[O]. The van der Waals surface area contributed by atoms with E-state index in [1.807, 2.05) is 0 Å². The van der Waals surface area contributed by atoms with E-state index in [4.69, 9.17) is 0 Å². The summed E-state index contributed by atoms with van der Waals surface area (Å²) in [4.78, 5) is 20.6. The van der Waals surface area contributed by atoms with Crippen molar-refractivity contribution in [2.75, 3.05) is 7.11 Å². The van der Waals surface area contributed by atoms with Gasteiger partial charge in [-0.1, -0.05) is 0 Å². The van der Waals surface area contributed by atoms with Crippen LogP contribution in [-0.2, 0) is 9.84 Å². The van der Waals surface area contributed by atoms with Crippen LogP contribution in [0.4, 0.5) is 5.69 Å². The van der Waals surface area contributed by atoms with Gasteiger partial charge in [0.2, 0.25) is 0 Å². The highest BCUT2D eigenvalue weighted by Gasteiger charge is 2.17. The molecule has 0 aliphatic carbocycles. The number of nitro benzene ring substituents is 1. The van der Waals surface area contributed by atoms with E-state index in [9.17, 15) is 20.0 Å². The fourth-order valence-corrected chi connectivity index (χ4v) is 0.901. The summed E-state index contributed by atoms with van der Waals surface area (Å²) in [6.07, 6.45) is 0. The molecule has 0 unspecified atom stereocenters. The summed E-state index contributed by atoms with van der Waals surface area (Å²) < 4.78 is 4.29. The highest BCUT2D eigenvalue weighted by molar-refractivity contribution is 5.93. The standard InChI is InChI=1S/C8H6NO5/c1-14-8(11)6-4-5(9(12)13)2-3-7(6)10/h2-4H,1H3.